The molecule has 34 heavy (non-hydrogen) atoms. The first kappa shape index (κ1) is 27.6. The molecule has 2 aromatic rings. The minimum absolute atomic E-state index is 0. The first-order valence-corrected chi connectivity index (χ1v) is 10.3. The van der Waals surface area contributed by atoms with Gasteiger partial charge in [0.1, 0.15) is 28.7 Å². The van der Waals surface area contributed by atoms with Gasteiger partial charge in [0.2, 0.25) is 5.43 Å². The summed E-state index contributed by atoms with van der Waals surface area (Å²) in [6.45, 7) is 3.97. The van der Waals surface area contributed by atoms with Crippen molar-refractivity contribution in [2.45, 2.75) is 52.0 Å². The average Bonchev–Trinajstić information content (AvgIpc) is 2.74. The highest BCUT2D eigenvalue weighted by Crippen LogP contribution is 2.29. The van der Waals surface area contributed by atoms with Gasteiger partial charge in [0, 0.05) is 43.5 Å². The minimum Gasteiger partial charge on any atom is -0.503 e. The molecule has 0 saturated heterocycles. The summed E-state index contributed by atoms with van der Waals surface area (Å²) in [6, 6.07) is 0.0641. The summed E-state index contributed by atoms with van der Waals surface area (Å²) < 4.78 is 56.5. The predicted octanol–water partition coefficient (Wildman–Crippen LogP) is 3.50. The van der Waals surface area contributed by atoms with E-state index in [1.54, 1.807) is 6.92 Å². The average molecular weight is 597 g/mol. The molecule has 1 aliphatic rings. The zero-order chi connectivity index (χ0) is 24.7. The molecule has 7 nitrogen and oxygen atoms in total. The van der Waals surface area contributed by atoms with Crippen molar-refractivity contribution >= 4 is 35.8 Å². The van der Waals surface area contributed by atoms with Crippen molar-refractivity contribution in [2.24, 2.45) is 0 Å². The normalized spacial score (nSPS) is 15.7. The van der Waals surface area contributed by atoms with Gasteiger partial charge < -0.3 is 19.9 Å². The highest BCUT2D eigenvalue weighted by atomic mass is 127. The molecule has 2 amide bonds. The van der Waals surface area contributed by atoms with Gasteiger partial charge in [-0.05, 0) is 20.3 Å². The monoisotopic (exact) mass is 597 g/mol. The van der Waals surface area contributed by atoms with Crippen LogP contribution in [0.25, 0.3) is 0 Å². The third-order valence-electron chi connectivity index (χ3n) is 6.11. The molecule has 0 fully saturated rings. The highest BCUT2D eigenvalue weighted by molar-refractivity contribution is 14.0. The smallest absolute Gasteiger partial charge is 0.274 e. The van der Waals surface area contributed by atoms with Crippen molar-refractivity contribution in [1.82, 2.24) is 14.8 Å². The van der Waals surface area contributed by atoms with Crippen LogP contribution in [0.1, 0.15) is 53.6 Å². The Kier molecular flexibility index (Phi) is 8.38. The SMILES string of the molecule is CCC(C)(F)C(C)N1CCn2cc(C(=O)NCc3c(F)cc(F)cc3F)c(=O)c(O)c2C1=O.I. The number of hydrogen-bond donors (Lipinski definition) is 2. The summed E-state index contributed by atoms with van der Waals surface area (Å²) >= 11 is 0. The summed E-state index contributed by atoms with van der Waals surface area (Å²) in [5, 5.41) is 12.5. The first-order valence-electron chi connectivity index (χ1n) is 10.3. The Bertz CT molecular complexity index is 1160. The van der Waals surface area contributed by atoms with E-state index in [0.717, 1.165) is 6.20 Å². The van der Waals surface area contributed by atoms with Gasteiger partial charge in [-0.15, -0.1) is 24.0 Å². The van der Waals surface area contributed by atoms with Crippen LogP contribution in [-0.2, 0) is 13.1 Å². The third-order valence-corrected chi connectivity index (χ3v) is 6.11. The molecule has 0 radical (unpaired) electrons. The van der Waals surface area contributed by atoms with Crippen LogP contribution in [0.5, 0.6) is 5.75 Å². The Morgan fingerprint density at radius 3 is 2.35 bits per heavy atom. The molecule has 2 unspecified atom stereocenters. The van der Waals surface area contributed by atoms with Gasteiger partial charge in [0.05, 0.1) is 6.04 Å². The predicted molar refractivity (Wildman–Crippen MR) is 126 cm³/mol. The van der Waals surface area contributed by atoms with Crippen LogP contribution in [0.15, 0.2) is 23.1 Å². The van der Waals surface area contributed by atoms with E-state index in [1.165, 1.54) is 23.3 Å². The number of hydrogen-bond acceptors (Lipinski definition) is 4. The Labute approximate surface area is 209 Å². The molecule has 1 aromatic carbocycles. The zero-order valence-electron chi connectivity index (χ0n) is 18.6. The van der Waals surface area contributed by atoms with Gasteiger partial charge in [-0.3, -0.25) is 14.4 Å². The van der Waals surface area contributed by atoms with Crippen molar-refractivity contribution in [3.05, 3.63) is 62.8 Å². The molecule has 0 spiro atoms. The van der Waals surface area contributed by atoms with Gasteiger partial charge in [-0.1, -0.05) is 6.92 Å². The Morgan fingerprint density at radius 1 is 1.21 bits per heavy atom. The van der Waals surface area contributed by atoms with Crippen LogP contribution in [0.4, 0.5) is 17.6 Å². The van der Waals surface area contributed by atoms with Crippen LogP contribution in [0, 0.1) is 17.5 Å². The topological polar surface area (TPSA) is 91.6 Å². The maximum absolute atomic E-state index is 14.7. The quantitative estimate of drug-likeness (QED) is 0.394. The molecule has 3 rings (SSSR count). The number of rotatable bonds is 6. The van der Waals surface area contributed by atoms with Crippen molar-refractivity contribution in [2.75, 3.05) is 6.54 Å². The second-order valence-corrected chi connectivity index (χ2v) is 8.10. The molecule has 2 atom stereocenters. The number of amides is 2. The lowest BCUT2D eigenvalue weighted by Gasteiger charge is -2.39. The Balaban J connectivity index is 0.00000408. The lowest BCUT2D eigenvalue weighted by atomic mass is 9.94. The number of carbonyl (C=O) groups excluding carboxylic acids is 2. The number of aromatic nitrogens is 1. The van der Waals surface area contributed by atoms with E-state index in [-0.39, 0.29) is 49.2 Å². The molecular formula is C22H24F4IN3O4. The van der Waals surface area contributed by atoms with Crippen LogP contribution in [0.2, 0.25) is 0 Å². The van der Waals surface area contributed by atoms with Crippen molar-refractivity contribution in [3.63, 3.8) is 0 Å². The van der Waals surface area contributed by atoms with Crippen molar-refractivity contribution < 1.29 is 32.3 Å². The van der Waals surface area contributed by atoms with E-state index in [0.29, 0.717) is 12.1 Å². The van der Waals surface area contributed by atoms with E-state index in [2.05, 4.69) is 5.32 Å². The molecule has 2 N–H and O–H groups in total. The second kappa shape index (κ2) is 10.3. The van der Waals surface area contributed by atoms with E-state index >= 15 is 0 Å². The van der Waals surface area contributed by atoms with Gasteiger partial charge in [0.25, 0.3) is 11.8 Å². The maximum Gasteiger partial charge on any atom is 0.274 e. The lowest BCUT2D eigenvalue weighted by molar-refractivity contribution is 0.0257. The maximum atomic E-state index is 14.7. The Hall–Kier alpha value is -2.64. The largest absolute Gasteiger partial charge is 0.503 e. The van der Waals surface area contributed by atoms with E-state index in [9.17, 15) is 37.1 Å². The molecule has 186 valence electrons. The summed E-state index contributed by atoms with van der Waals surface area (Å²) in [5.41, 5.74) is -4.41. The molecule has 1 aromatic heterocycles. The van der Waals surface area contributed by atoms with E-state index in [1.807, 2.05) is 0 Å². The number of carbonyl (C=O) groups is 2. The second-order valence-electron chi connectivity index (χ2n) is 8.10. The summed E-state index contributed by atoms with van der Waals surface area (Å²) in [5.74, 6) is -6.37. The number of benzene rings is 1. The fourth-order valence-electron chi connectivity index (χ4n) is 3.66. The number of alkyl halides is 1. The molecule has 1 aliphatic heterocycles. The number of aromatic hydroxyl groups is 1. The van der Waals surface area contributed by atoms with Gasteiger partial charge in [0.15, 0.2) is 11.4 Å². The number of fused-ring (bicyclic) bond motifs is 1. The van der Waals surface area contributed by atoms with Gasteiger partial charge in [-0.2, -0.15) is 0 Å². The number of nitrogens with zero attached hydrogens (tertiary/aromatic N) is 2. The van der Waals surface area contributed by atoms with Crippen LogP contribution in [-0.4, -0.2) is 44.6 Å². The number of halogens is 5. The Morgan fingerprint density at radius 2 is 1.79 bits per heavy atom. The van der Waals surface area contributed by atoms with Crippen LogP contribution >= 0.6 is 24.0 Å². The summed E-state index contributed by atoms with van der Waals surface area (Å²) in [4.78, 5) is 39.2. The number of nitrogens with one attached hydrogen (secondary N) is 1. The van der Waals surface area contributed by atoms with E-state index in [4.69, 9.17) is 0 Å². The molecule has 12 heteroatoms. The molecule has 0 aliphatic carbocycles. The summed E-state index contributed by atoms with van der Waals surface area (Å²) in [7, 11) is 0. The fraction of sp³-hybridized carbons (Fsp3) is 0.409. The molecule has 2 heterocycles. The number of pyridine rings is 1. The lowest BCUT2D eigenvalue weighted by Crippen LogP contribution is -2.53. The first-order chi connectivity index (χ1) is 15.4. The minimum atomic E-state index is -1.70. The summed E-state index contributed by atoms with van der Waals surface area (Å²) in [6.07, 6.45) is 1.20. The third kappa shape index (κ3) is 5.05. The van der Waals surface area contributed by atoms with Crippen LogP contribution < -0.4 is 10.7 Å². The fourth-order valence-corrected chi connectivity index (χ4v) is 3.66. The highest BCUT2D eigenvalue weighted by Gasteiger charge is 2.40. The van der Waals surface area contributed by atoms with Crippen molar-refractivity contribution in [1.29, 1.82) is 0 Å². The van der Waals surface area contributed by atoms with Gasteiger partial charge >= 0.3 is 0 Å². The molecule has 0 bridgehead atoms. The molecule has 0 saturated carbocycles. The van der Waals surface area contributed by atoms with Crippen molar-refractivity contribution in [3.8, 4) is 5.75 Å². The van der Waals surface area contributed by atoms with E-state index < -0.39 is 69.8 Å². The van der Waals surface area contributed by atoms with Crippen LogP contribution in [0.3, 0.4) is 0 Å². The zero-order valence-corrected chi connectivity index (χ0v) is 21.0. The van der Waals surface area contributed by atoms with Gasteiger partial charge in [-0.25, -0.2) is 17.6 Å². The molecular weight excluding hydrogens is 573 g/mol. The standard InChI is InChI=1S/C22H23F4N3O4.HI/c1-4-22(3,26)11(2)29-6-5-28-10-14(18(30)19(31)17(28)21(29)33)20(32)27-9-13-15(24)7-12(23)8-16(13)25;/h7-8,10-11,31H,4-6,9H2,1-3H3,(H,27,32);1H.